The van der Waals surface area contributed by atoms with Gasteiger partial charge in [0.05, 0.1) is 17.1 Å². The highest BCUT2D eigenvalue weighted by Crippen LogP contribution is 2.33. The summed E-state index contributed by atoms with van der Waals surface area (Å²) >= 11 is 6.00. The van der Waals surface area contributed by atoms with Crippen LogP contribution in [0.25, 0.3) is 16.8 Å². The van der Waals surface area contributed by atoms with Crippen molar-refractivity contribution in [1.82, 2.24) is 19.9 Å². The number of amides is 1. The highest BCUT2D eigenvalue weighted by molar-refractivity contribution is 6.34. The van der Waals surface area contributed by atoms with Crippen LogP contribution < -0.4 is 15.8 Å². The number of aliphatic hydroxyl groups excluding tert-OH is 1. The van der Waals surface area contributed by atoms with Crippen LogP contribution in [0.5, 0.6) is 5.75 Å². The van der Waals surface area contributed by atoms with Crippen LogP contribution in [0.2, 0.25) is 5.02 Å². The van der Waals surface area contributed by atoms with Crippen LogP contribution in [-0.2, 0) is 0 Å². The zero-order chi connectivity index (χ0) is 26.9. The van der Waals surface area contributed by atoms with Gasteiger partial charge in [0, 0.05) is 11.8 Å². The Morgan fingerprint density at radius 2 is 1.89 bits per heavy atom. The van der Waals surface area contributed by atoms with Gasteiger partial charge in [-0.2, -0.15) is 13.8 Å². The zero-order valence-corrected chi connectivity index (χ0v) is 19.3. The monoisotopic (exact) mass is 541 g/mol. The standard InChI is InChI=1S/C23H17ClF5N5O3/c24-15-6-5-14(12-7-8-34-16(9-12)32-22(30)33-34)18(25)17(15)20(36)31-10-23(28,29)19(35)11-1-3-13(4-2-11)37-21(26)27/h1-9,19,21,35H,10H2,(H2,30,33)(H,31,36). The number of rotatable bonds is 8. The lowest BCUT2D eigenvalue weighted by atomic mass is 10.0. The third-order valence-corrected chi connectivity index (χ3v) is 5.60. The first-order valence-electron chi connectivity index (χ1n) is 10.5. The minimum Gasteiger partial charge on any atom is -0.435 e. The summed E-state index contributed by atoms with van der Waals surface area (Å²) < 4.78 is 74.5. The fraction of sp³-hybridized carbons (Fsp3) is 0.174. The highest BCUT2D eigenvalue weighted by Gasteiger charge is 2.40. The number of hydrogen-bond donors (Lipinski definition) is 3. The van der Waals surface area contributed by atoms with Crippen molar-refractivity contribution in [1.29, 1.82) is 0 Å². The lowest BCUT2D eigenvalue weighted by molar-refractivity contribution is -0.106. The molecule has 1 amide bonds. The molecular weight excluding hydrogens is 525 g/mol. The Hall–Kier alpha value is -3.97. The van der Waals surface area contributed by atoms with Crippen LogP contribution >= 0.6 is 11.6 Å². The van der Waals surface area contributed by atoms with Crippen molar-refractivity contribution in [2.24, 2.45) is 0 Å². The molecule has 4 rings (SSSR count). The number of ether oxygens (including phenoxy) is 1. The summed E-state index contributed by atoms with van der Waals surface area (Å²) in [6.07, 6.45) is -0.946. The van der Waals surface area contributed by atoms with E-state index in [0.717, 1.165) is 24.3 Å². The van der Waals surface area contributed by atoms with Gasteiger partial charge in [-0.05, 0) is 47.5 Å². The number of anilines is 1. The molecule has 0 aliphatic heterocycles. The third-order valence-electron chi connectivity index (χ3n) is 5.29. The van der Waals surface area contributed by atoms with Crippen LogP contribution in [0, 0.1) is 5.82 Å². The number of nitrogens with zero attached hydrogens (tertiary/aromatic N) is 3. The van der Waals surface area contributed by atoms with Crippen LogP contribution in [0.4, 0.5) is 27.9 Å². The molecule has 1 unspecified atom stereocenters. The molecule has 0 saturated heterocycles. The molecule has 0 aliphatic rings. The van der Waals surface area contributed by atoms with Crippen molar-refractivity contribution >= 4 is 29.1 Å². The predicted octanol–water partition coefficient (Wildman–Crippen LogP) is 4.47. The second kappa shape index (κ2) is 10.2. The average Bonchev–Trinajstić information content (AvgIpc) is 3.22. The maximum atomic E-state index is 15.3. The first-order chi connectivity index (χ1) is 17.5. The maximum absolute atomic E-state index is 15.3. The van der Waals surface area contributed by atoms with Gasteiger partial charge in [-0.25, -0.2) is 17.7 Å². The van der Waals surface area contributed by atoms with Crippen LogP contribution in [-0.4, -0.2) is 44.7 Å². The Kier molecular flexibility index (Phi) is 7.18. The first-order valence-corrected chi connectivity index (χ1v) is 10.8. The van der Waals surface area contributed by atoms with Gasteiger partial charge in [0.25, 0.3) is 11.8 Å². The fourth-order valence-electron chi connectivity index (χ4n) is 3.51. The van der Waals surface area contributed by atoms with Crippen molar-refractivity contribution in [3.8, 4) is 16.9 Å². The Morgan fingerprint density at radius 3 is 2.57 bits per heavy atom. The number of carbonyl (C=O) groups excluding carboxylic acids is 1. The summed E-state index contributed by atoms with van der Waals surface area (Å²) in [5, 5.41) is 15.5. The SMILES string of the molecule is Nc1nc2cc(-c3ccc(Cl)c(C(=O)NCC(F)(F)C(O)c4ccc(OC(F)F)cc4)c3F)ccn2n1. The number of benzene rings is 2. The molecule has 2 heterocycles. The van der Waals surface area contributed by atoms with Crippen molar-refractivity contribution in [3.05, 3.63) is 76.7 Å². The van der Waals surface area contributed by atoms with Gasteiger partial charge >= 0.3 is 6.61 Å². The molecular formula is C23H17ClF5N5O3. The quantitative estimate of drug-likeness (QED) is 0.284. The molecule has 2 aromatic heterocycles. The normalized spacial score (nSPS) is 12.6. The van der Waals surface area contributed by atoms with E-state index in [9.17, 15) is 27.5 Å². The molecule has 0 fully saturated rings. The van der Waals surface area contributed by atoms with Gasteiger partial charge in [-0.1, -0.05) is 23.7 Å². The Morgan fingerprint density at radius 1 is 1.19 bits per heavy atom. The smallest absolute Gasteiger partial charge is 0.387 e. The minimum absolute atomic E-state index is 0.00524. The summed E-state index contributed by atoms with van der Waals surface area (Å²) in [5.74, 6) is -6.53. The largest absolute Gasteiger partial charge is 0.435 e. The first kappa shape index (κ1) is 26.1. The van der Waals surface area contributed by atoms with Crippen LogP contribution in [0.1, 0.15) is 22.0 Å². The van der Waals surface area contributed by atoms with Crippen molar-refractivity contribution in [2.75, 3.05) is 12.3 Å². The zero-order valence-electron chi connectivity index (χ0n) is 18.5. The fourth-order valence-corrected chi connectivity index (χ4v) is 3.74. The molecule has 4 aromatic rings. The molecule has 0 bridgehead atoms. The second-order valence-electron chi connectivity index (χ2n) is 7.77. The van der Waals surface area contributed by atoms with E-state index in [-0.39, 0.29) is 27.8 Å². The second-order valence-corrected chi connectivity index (χ2v) is 8.17. The summed E-state index contributed by atoms with van der Waals surface area (Å²) in [4.78, 5) is 16.6. The third kappa shape index (κ3) is 5.57. The van der Waals surface area contributed by atoms with Crippen molar-refractivity contribution < 1.29 is 36.6 Å². The van der Waals surface area contributed by atoms with Crippen LogP contribution in [0.15, 0.2) is 54.7 Å². The number of aromatic nitrogens is 3. The number of halogens is 6. The number of nitrogen functional groups attached to an aromatic ring is 1. The van der Waals surface area contributed by atoms with Gasteiger partial charge in [0.2, 0.25) is 5.95 Å². The van der Waals surface area contributed by atoms with E-state index in [1.54, 1.807) is 0 Å². The summed E-state index contributed by atoms with van der Waals surface area (Å²) in [7, 11) is 0. The summed E-state index contributed by atoms with van der Waals surface area (Å²) in [6, 6.07) is 9.37. The number of fused-ring (bicyclic) bond motifs is 1. The van der Waals surface area contributed by atoms with Gasteiger partial charge in [-0.3, -0.25) is 4.79 Å². The van der Waals surface area contributed by atoms with Gasteiger partial charge < -0.3 is 20.9 Å². The van der Waals surface area contributed by atoms with E-state index in [2.05, 4.69) is 14.8 Å². The molecule has 2 aromatic carbocycles. The highest BCUT2D eigenvalue weighted by atomic mass is 35.5. The van der Waals surface area contributed by atoms with E-state index in [1.165, 1.54) is 35.0 Å². The molecule has 1 atom stereocenters. The number of hydrogen-bond acceptors (Lipinski definition) is 6. The molecule has 8 nitrogen and oxygen atoms in total. The molecule has 0 radical (unpaired) electrons. The number of aliphatic hydroxyl groups is 1. The van der Waals surface area contributed by atoms with E-state index >= 15 is 4.39 Å². The summed E-state index contributed by atoms with van der Waals surface area (Å²) in [6.45, 7) is -4.49. The average molecular weight is 542 g/mol. The molecule has 0 saturated carbocycles. The van der Waals surface area contributed by atoms with E-state index < -0.39 is 42.5 Å². The molecule has 14 heteroatoms. The molecule has 37 heavy (non-hydrogen) atoms. The Labute approximate surface area is 210 Å². The summed E-state index contributed by atoms with van der Waals surface area (Å²) in [5.41, 5.74) is 5.08. The Balaban J connectivity index is 1.52. The predicted molar refractivity (Wildman–Crippen MR) is 123 cm³/mol. The number of carbonyl (C=O) groups is 1. The Bertz CT molecular complexity index is 1450. The number of nitrogens with one attached hydrogen (secondary N) is 1. The molecule has 0 aliphatic carbocycles. The van der Waals surface area contributed by atoms with Gasteiger partial charge in [0.15, 0.2) is 5.65 Å². The lowest BCUT2D eigenvalue weighted by Crippen LogP contribution is -2.41. The number of alkyl halides is 4. The lowest BCUT2D eigenvalue weighted by Gasteiger charge is -2.23. The van der Waals surface area contributed by atoms with E-state index in [1.807, 2.05) is 5.32 Å². The molecule has 194 valence electrons. The van der Waals surface area contributed by atoms with E-state index in [0.29, 0.717) is 11.2 Å². The minimum atomic E-state index is -3.92. The van der Waals surface area contributed by atoms with Gasteiger partial charge in [-0.15, -0.1) is 5.10 Å². The maximum Gasteiger partial charge on any atom is 0.387 e. The van der Waals surface area contributed by atoms with E-state index in [4.69, 9.17) is 17.3 Å². The number of nitrogens with two attached hydrogens (primary N) is 1. The van der Waals surface area contributed by atoms with Crippen LogP contribution in [0.3, 0.4) is 0 Å². The number of pyridine rings is 1. The van der Waals surface area contributed by atoms with Crippen molar-refractivity contribution in [2.45, 2.75) is 18.6 Å². The van der Waals surface area contributed by atoms with Crippen molar-refractivity contribution in [3.63, 3.8) is 0 Å². The topological polar surface area (TPSA) is 115 Å². The molecule has 4 N–H and O–H groups in total. The van der Waals surface area contributed by atoms with Gasteiger partial charge in [0.1, 0.15) is 17.7 Å². The molecule has 0 spiro atoms.